The fraction of sp³-hybridized carbons (Fsp3) is 1.00. The Labute approximate surface area is 200 Å². The van der Waals surface area contributed by atoms with Gasteiger partial charge in [0.15, 0.2) is 18.9 Å². The van der Waals surface area contributed by atoms with Crippen molar-refractivity contribution in [3.63, 3.8) is 0 Å². The van der Waals surface area contributed by atoms with Gasteiger partial charge in [-0.2, -0.15) is 0 Å². The molecule has 0 bridgehead atoms. The number of hydrogen-bond donors (Lipinski definition) is 9. The van der Waals surface area contributed by atoms with Crippen molar-refractivity contribution in [1.82, 2.24) is 0 Å². The van der Waals surface area contributed by atoms with Gasteiger partial charge in [0.1, 0.15) is 67.1 Å². The molecule has 0 aliphatic carbocycles. The predicted molar refractivity (Wildman–Crippen MR) is 109 cm³/mol. The Kier molecular flexibility index (Phi) is 10.2. The van der Waals surface area contributed by atoms with Gasteiger partial charge < -0.3 is 74.4 Å². The highest BCUT2D eigenvalue weighted by molar-refractivity contribution is 4.96. The van der Waals surface area contributed by atoms with Crippen LogP contribution >= 0.6 is 0 Å². The SMILES string of the molecule is CCC1O[C@@H](O[C@@H]2C(CO)O[C@@H](O[C@@H]3C(CO)O[C@@H](OC)C(O)[C@H]3O)C(O)[C@H]2O)C(O)[C@@H](O)[C@@H]1O. The van der Waals surface area contributed by atoms with Crippen LogP contribution in [0.5, 0.6) is 0 Å². The van der Waals surface area contributed by atoms with E-state index in [4.69, 9.17) is 28.4 Å². The van der Waals surface area contributed by atoms with E-state index in [0.717, 1.165) is 0 Å². The Morgan fingerprint density at radius 1 is 0.543 bits per heavy atom. The molecule has 0 amide bonds. The zero-order valence-corrected chi connectivity index (χ0v) is 19.3. The lowest BCUT2D eigenvalue weighted by Crippen LogP contribution is -2.66. The Hall–Kier alpha value is -0.600. The first-order valence-corrected chi connectivity index (χ1v) is 11.4. The highest BCUT2D eigenvalue weighted by Gasteiger charge is 2.53. The zero-order valence-electron chi connectivity index (χ0n) is 19.3. The van der Waals surface area contributed by atoms with Crippen LogP contribution < -0.4 is 0 Å². The molecule has 0 aromatic heterocycles. The molecule has 3 saturated heterocycles. The van der Waals surface area contributed by atoms with Gasteiger partial charge in [-0.05, 0) is 6.42 Å². The van der Waals surface area contributed by atoms with E-state index in [0.29, 0.717) is 0 Å². The maximum Gasteiger partial charge on any atom is 0.187 e. The van der Waals surface area contributed by atoms with Gasteiger partial charge in [0.25, 0.3) is 0 Å². The quantitative estimate of drug-likeness (QED) is 0.146. The molecule has 0 spiro atoms. The summed E-state index contributed by atoms with van der Waals surface area (Å²) in [5.74, 6) is 0. The molecule has 3 aliphatic rings. The molecule has 3 rings (SSSR count). The Morgan fingerprint density at radius 2 is 0.943 bits per heavy atom. The maximum absolute atomic E-state index is 10.7. The third-order valence-electron chi connectivity index (χ3n) is 6.53. The number of aliphatic hydroxyl groups excluding tert-OH is 9. The number of hydrogen-bond acceptors (Lipinski definition) is 15. The molecule has 0 aromatic rings. The molecule has 0 radical (unpaired) electrons. The van der Waals surface area contributed by atoms with Gasteiger partial charge in [0.05, 0.1) is 19.3 Å². The minimum atomic E-state index is -1.83. The van der Waals surface area contributed by atoms with E-state index in [9.17, 15) is 46.0 Å². The Bertz CT molecular complexity index is 650. The molecular formula is C20H36O15. The van der Waals surface area contributed by atoms with Crippen LogP contribution in [0.2, 0.25) is 0 Å². The lowest BCUT2D eigenvalue weighted by Gasteiger charge is -2.48. The number of aliphatic hydroxyl groups is 9. The van der Waals surface area contributed by atoms with Crippen LogP contribution in [0.15, 0.2) is 0 Å². The summed E-state index contributed by atoms with van der Waals surface area (Å²) in [6.07, 6.45) is -22.0. The summed E-state index contributed by atoms with van der Waals surface area (Å²) < 4.78 is 32.4. The van der Waals surface area contributed by atoms with E-state index in [1.54, 1.807) is 6.92 Å². The van der Waals surface area contributed by atoms with Gasteiger partial charge in [-0.25, -0.2) is 0 Å². The fourth-order valence-corrected chi connectivity index (χ4v) is 4.42. The average Bonchev–Trinajstić information content (AvgIpc) is 2.86. The maximum atomic E-state index is 10.7. The zero-order chi connectivity index (χ0) is 26.0. The summed E-state index contributed by atoms with van der Waals surface area (Å²) in [5.41, 5.74) is 0. The van der Waals surface area contributed by atoms with Gasteiger partial charge in [-0.3, -0.25) is 0 Å². The minimum absolute atomic E-state index is 0.268. The summed E-state index contributed by atoms with van der Waals surface area (Å²) in [6, 6.07) is 0. The number of ether oxygens (including phenoxy) is 6. The monoisotopic (exact) mass is 516 g/mol. The van der Waals surface area contributed by atoms with Crippen molar-refractivity contribution in [2.75, 3.05) is 20.3 Å². The topological polar surface area (TPSA) is 237 Å². The smallest absolute Gasteiger partial charge is 0.187 e. The third kappa shape index (κ3) is 5.79. The van der Waals surface area contributed by atoms with Crippen LogP contribution in [0.3, 0.4) is 0 Å². The number of methoxy groups -OCH3 is 1. The first-order chi connectivity index (χ1) is 16.6. The van der Waals surface area contributed by atoms with Crippen molar-refractivity contribution in [3.8, 4) is 0 Å². The van der Waals surface area contributed by atoms with Crippen molar-refractivity contribution in [1.29, 1.82) is 0 Å². The van der Waals surface area contributed by atoms with Crippen LogP contribution in [0.1, 0.15) is 13.3 Å². The van der Waals surface area contributed by atoms with Crippen LogP contribution in [-0.4, -0.2) is 158 Å². The molecular weight excluding hydrogens is 480 g/mol. The standard InChI is InChI=1S/C20H36O15/c1-3-6-9(23)10(24)13(27)19(31-6)34-17-8(5-22)33-20(15(29)12(17)26)35-16-7(4-21)32-18(30-2)14(28)11(16)25/h6-29H,3-5H2,1-2H3/t6?,7?,8?,9-,10+,11-,12-,13?,14?,15?,16-,17-,18-,19+,20+/m1/s1. The predicted octanol–water partition coefficient (Wildman–Crippen LogP) is -5.50. The molecule has 15 atom stereocenters. The van der Waals surface area contributed by atoms with Gasteiger partial charge >= 0.3 is 0 Å². The second-order valence-electron chi connectivity index (χ2n) is 8.77. The van der Waals surface area contributed by atoms with Crippen LogP contribution in [-0.2, 0) is 28.4 Å². The molecule has 15 heteroatoms. The highest BCUT2D eigenvalue weighted by atomic mass is 16.8. The van der Waals surface area contributed by atoms with Crippen molar-refractivity contribution >= 4 is 0 Å². The Morgan fingerprint density at radius 3 is 1.37 bits per heavy atom. The van der Waals surface area contributed by atoms with Gasteiger partial charge in [0.2, 0.25) is 0 Å². The van der Waals surface area contributed by atoms with E-state index >= 15 is 0 Å². The first kappa shape index (κ1) is 29.0. The summed E-state index contributed by atoms with van der Waals surface area (Å²) >= 11 is 0. The van der Waals surface area contributed by atoms with Crippen molar-refractivity contribution in [2.45, 2.75) is 105 Å². The van der Waals surface area contributed by atoms with Gasteiger partial charge in [-0.1, -0.05) is 6.92 Å². The highest BCUT2D eigenvalue weighted by Crippen LogP contribution is 2.32. The van der Waals surface area contributed by atoms with Crippen molar-refractivity contribution in [3.05, 3.63) is 0 Å². The van der Waals surface area contributed by atoms with E-state index in [2.05, 4.69) is 0 Å². The molecule has 206 valence electrons. The van der Waals surface area contributed by atoms with Gasteiger partial charge in [-0.15, -0.1) is 0 Å². The fourth-order valence-electron chi connectivity index (χ4n) is 4.42. The van der Waals surface area contributed by atoms with E-state index in [1.165, 1.54) is 7.11 Å². The second kappa shape index (κ2) is 12.3. The van der Waals surface area contributed by atoms with Gasteiger partial charge in [0, 0.05) is 7.11 Å². The molecule has 0 aromatic carbocycles. The van der Waals surface area contributed by atoms with E-state index in [1.807, 2.05) is 0 Å². The minimum Gasteiger partial charge on any atom is -0.394 e. The molecule has 6 unspecified atom stereocenters. The van der Waals surface area contributed by atoms with Crippen LogP contribution in [0, 0.1) is 0 Å². The van der Waals surface area contributed by atoms with Crippen molar-refractivity contribution in [2.24, 2.45) is 0 Å². The Balaban J connectivity index is 1.72. The summed E-state index contributed by atoms with van der Waals surface area (Å²) in [5, 5.41) is 91.7. The lowest BCUT2D eigenvalue weighted by molar-refractivity contribution is -0.378. The summed E-state index contributed by atoms with van der Waals surface area (Å²) in [4.78, 5) is 0. The lowest BCUT2D eigenvalue weighted by atomic mass is 9.95. The van der Waals surface area contributed by atoms with E-state index in [-0.39, 0.29) is 6.42 Å². The molecule has 9 N–H and O–H groups in total. The van der Waals surface area contributed by atoms with E-state index < -0.39 is 105 Å². The largest absolute Gasteiger partial charge is 0.394 e. The molecule has 3 heterocycles. The molecule has 0 saturated carbocycles. The molecule has 3 aliphatic heterocycles. The normalized spacial score (nSPS) is 51.3. The molecule has 35 heavy (non-hydrogen) atoms. The van der Waals surface area contributed by atoms with Crippen molar-refractivity contribution < 1.29 is 74.4 Å². The summed E-state index contributed by atoms with van der Waals surface area (Å²) in [7, 11) is 1.22. The van der Waals surface area contributed by atoms with Crippen LogP contribution in [0.25, 0.3) is 0 Å². The van der Waals surface area contributed by atoms with Crippen LogP contribution in [0.4, 0.5) is 0 Å². The second-order valence-corrected chi connectivity index (χ2v) is 8.77. The number of rotatable bonds is 8. The summed E-state index contributed by atoms with van der Waals surface area (Å²) in [6.45, 7) is 0.268. The first-order valence-electron chi connectivity index (χ1n) is 11.4. The average molecular weight is 516 g/mol. The molecule has 3 fully saturated rings. The third-order valence-corrected chi connectivity index (χ3v) is 6.53. The molecule has 15 nitrogen and oxygen atoms in total.